The highest BCUT2D eigenvalue weighted by Crippen LogP contribution is 2.35. The van der Waals surface area contributed by atoms with Crippen molar-refractivity contribution in [3.05, 3.63) is 35.3 Å². The summed E-state index contributed by atoms with van der Waals surface area (Å²) < 4.78 is 6.94. The molecule has 164 valence electrons. The first-order valence-electron chi connectivity index (χ1n) is 10.4. The van der Waals surface area contributed by atoms with Gasteiger partial charge in [-0.1, -0.05) is 0 Å². The van der Waals surface area contributed by atoms with E-state index in [1.807, 2.05) is 26.0 Å². The number of thiophene rings is 1. The molecule has 0 aliphatic carbocycles. The summed E-state index contributed by atoms with van der Waals surface area (Å²) in [6.07, 6.45) is 1.64. The predicted octanol–water partition coefficient (Wildman–Crippen LogP) is 3.09. The Kier molecular flexibility index (Phi) is 5.97. The summed E-state index contributed by atoms with van der Waals surface area (Å²) in [6.45, 7) is 7.97. The maximum atomic E-state index is 13.2. The third kappa shape index (κ3) is 4.57. The van der Waals surface area contributed by atoms with Gasteiger partial charge in [-0.15, -0.1) is 11.3 Å². The quantitative estimate of drug-likeness (QED) is 0.652. The van der Waals surface area contributed by atoms with Gasteiger partial charge >= 0.3 is 0 Å². The van der Waals surface area contributed by atoms with E-state index >= 15 is 0 Å². The number of benzene rings is 1. The Bertz CT molecular complexity index is 1090. The van der Waals surface area contributed by atoms with Gasteiger partial charge in [0.15, 0.2) is 0 Å². The second-order valence-corrected chi connectivity index (χ2v) is 9.15. The van der Waals surface area contributed by atoms with Crippen molar-refractivity contribution >= 4 is 44.8 Å². The molecule has 3 heterocycles. The van der Waals surface area contributed by atoms with E-state index in [4.69, 9.17) is 10.5 Å². The Labute approximate surface area is 186 Å². The molecule has 0 radical (unpaired) electrons. The second kappa shape index (κ2) is 8.68. The lowest BCUT2D eigenvalue weighted by molar-refractivity contribution is 0.0995. The van der Waals surface area contributed by atoms with Gasteiger partial charge in [-0.3, -0.25) is 4.79 Å². The average Bonchev–Trinajstić information content (AvgIpc) is 3.16. The number of likely N-dealkylation sites (N-methyl/N-ethyl adjacent to an activating group) is 1. The van der Waals surface area contributed by atoms with Crippen LogP contribution in [0.5, 0.6) is 5.75 Å². The molecule has 1 amide bonds. The molecule has 8 nitrogen and oxygen atoms in total. The van der Waals surface area contributed by atoms with Gasteiger partial charge in [0.05, 0.1) is 33.1 Å². The van der Waals surface area contributed by atoms with Crippen LogP contribution in [0.4, 0.5) is 17.3 Å². The number of ether oxygens (including phenoxy) is 1. The number of carbonyl (C=O) groups is 1. The predicted molar refractivity (Wildman–Crippen MR) is 126 cm³/mol. The molecular formula is C22H28N6O2S. The summed E-state index contributed by atoms with van der Waals surface area (Å²) in [5.41, 5.74) is 8.20. The highest BCUT2D eigenvalue weighted by Gasteiger charge is 2.22. The Morgan fingerprint density at radius 1 is 1.23 bits per heavy atom. The molecule has 0 atom stereocenters. The molecule has 9 heteroatoms. The van der Waals surface area contributed by atoms with Crippen LogP contribution in [-0.4, -0.2) is 67.2 Å². The topological polar surface area (TPSA) is 87.8 Å². The summed E-state index contributed by atoms with van der Waals surface area (Å²) in [5.74, 6) is 0.778. The van der Waals surface area contributed by atoms with E-state index in [2.05, 4.69) is 32.9 Å². The average molecular weight is 441 g/mol. The lowest BCUT2D eigenvalue weighted by Gasteiger charge is -2.34. The number of hydrogen-bond donors (Lipinski definition) is 1. The summed E-state index contributed by atoms with van der Waals surface area (Å²) in [6, 6.07) is 7.84. The zero-order chi connectivity index (χ0) is 22.1. The van der Waals surface area contributed by atoms with Gasteiger partial charge in [0.1, 0.15) is 5.75 Å². The molecule has 1 aliphatic heterocycles. The molecule has 3 aromatic rings. The van der Waals surface area contributed by atoms with Crippen molar-refractivity contribution in [2.24, 2.45) is 0 Å². The van der Waals surface area contributed by atoms with Crippen LogP contribution < -0.4 is 20.3 Å². The third-order valence-corrected chi connectivity index (χ3v) is 6.39. The molecule has 0 saturated carbocycles. The number of aromatic nitrogens is 2. The smallest absolute Gasteiger partial charge is 0.268 e. The van der Waals surface area contributed by atoms with Crippen LogP contribution in [0.15, 0.2) is 30.5 Å². The van der Waals surface area contributed by atoms with Crippen molar-refractivity contribution in [3.63, 3.8) is 0 Å². The zero-order valence-electron chi connectivity index (χ0n) is 18.3. The van der Waals surface area contributed by atoms with E-state index in [1.165, 1.54) is 11.3 Å². The molecule has 1 saturated heterocycles. The highest BCUT2D eigenvalue weighted by atomic mass is 32.1. The normalized spacial score (nSPS) is 14.9. The fourth-order valence-corrected chi connectivity index (χ4v) is 4.57. The maximum Gasteiger partial charge on any atom is 0.268 e. The number of piperazine rings is 1. The molecule has 0 unspecified atom stereocenters. The first kappa shape index (κ1) is 21.3. The number of carbonyl (C=O) groups excluding carboxylic acids is 1. The molecule has 1 aliphatic rings. The minimum absolute atomic E-state index is 0.00688. The summed E-state index contributed by atoms with van der Waals surface area (Å²) in [5, 5.41) is 0. The van der Waals surface area contributed by atoms with Crippen LogP contribution >= 0.6 is 11.3 Å². The zero-order valence-corrected chi connectivity index (χ0v) is 19.1. The number of anilines is 3. The molecule has 2 N–H and O–H groups in total. The second-order valence-electron chi connectivity index (χ2n) is 8.06. The van der Waals surface area contributed by atoms with E-state index in [-0.39, 0.29) is 18.0 Å². The maximum absolute atomic E-state index is 13.2. The van der Waals surface area contributed by atoms with Crippen LogP contribution in [-0.2, 0) is 0 Å². The monoisotopic (exact) mass is 440 g/mol. The first-order valence-corrected chi connectivity index (χ1v) is 11.2. The molecule has 0 spiro atoms. The van der Waals surface area contributed by atoms with Gasteiger partial charge in [0.2, 0.25) is 5.95 Å². The number of nitrogens with two attached hydrogens (primary N) is 1. The standard InChI is InChI=1S/C22H28N6O2S/c1-14(2)30-18-11-15(28-9-7-26(3)8-10-28)5-6-17(18)27(4)21(29)19-12-16-20(31-19)13-24-22(23)25-16/h5-6,11-14H,7-10H2,1-4H3,(H2,23,24,25). The van der Waals surface area contributed by atoms with Crippen molar-refractivity contribution in [2.75, 3.05) is 55.8 Å². The van der Waals surface area contributed by atoms with Crippen LogP contribution in [0.3, 0.4) is 0 Å². The van der Waals surface area contributed by atoms with E-state index in [1.54, 1.807) is 24.2 Å². The van der Waals surface area contributed by atoms with Crippen LogP contribution in [0, 0.1) is 0 Å². The molecule has 1 fully saturated rings. The van der Waals surface area contributed by atoms with Crippen LogP contribution in [0.1, 0.15) is 23.5 Å². The molecule has 1 aromatic carbocycles. The summed E-state index contributed by atoms with van der Waals surface area (Å²) >= 11 is 1.36. The van der Waals surface area contributed by atoms with Crippen molar-refractivity contribution < 1.29 is 9.53 Å². The Morgan fingerprint density at radius 3 is 2.68 bits per heavy atom. The largest absolute Gasteiger partial charge is 0.489 e. The lowest BCUT2D eigenvalue weighted by Crippen LogP contribution is -2.44. The van der Waals surface area contributed by atoms with Gasteiger partial charge in [-0.2, -0.15) is 0 Å². The van der Waals surface area contributed by atoms with E-state index < -0.39 is 0 Å². The Hall–Kier alpha value is -2.91. The number of hydrogen-bond acceptors (Lipinski definition) is 8. The van der Waals surface area contributed by atoms with Crippen molar-refractivity contribution in [3.8, 4) is 5.75 Å². The van der Waals surface area contributed by atoms with Crippen molar-refractivity contribution in [1.29, 1.82) is 0 Å². The third-order valence-electron chi connectivity index (χ3n) is 5.34. The van der Waals surface area contributed by atoms with Gasteiger partial charge < -0.3 is 25.2 Å². The van der Waals surface area contributed by atoms with Gasteiger partial charge in [0.25, 0.3) is 5.91 Å². The van der Waals surface area contributed by atoms with Gasteiger partial charge in [-0.25, -0.2) is 9.97 Å². The van der Waals surface area contributed by atoms with Crippen LogP contribution in [0.25, 0.3) is 10.2 Å². The van der Waals surface area contributed by atoms with Crippen LogP contribution in [0.2, 0.25) is 0 Å². The molecule has 4 rings (SSSR count). The minimum Gasteiger partial charge on any atom is -0.489 e. The number of rotatable bonds is 5. The number of amides is 1. The fourth-order valence-electron chi connectivity index (χ4n) is 3.62. The SMILES string of the molecule is CC(C)Oc1cc(N2CCN(C)CC2)ccc1N(C)C(=O)c1cc2nc(N)ncc2s1. The van der Waals surface area contributed by atoms with Gasteiger partial charge in [0, 0.05) is 45.0 Å². The highest BCUT2D eigenvalue weighted by molar-refractivity contribution is 7.20. The number of fused-ring (bicyclic) bond motifs is 1. The van der Waals surface area contributed by atoms with Gasteiger partial charge in [-0.05, 0) is 39.1 Å². The lowest BCUT2D eigenvalue weighted by atomic mass is 10.2. The molecule has 31 heavy (non-hydrogen) atoms. The summed E-state index contributed by atoms with van der Waals surface area (Å²) in [7, 11) is 3.91. The minimum atomic E-state index is -0.123. The number of nitrogens with zero attached hydrogens (tertiary/aromatic N) is 5. The van der Waals surface area contributed by atoms with E-state index in [0.717, 1.165) is 42.3 Å². The van der Waals surface area contributed by atoms with E-state index in [9.17, 15) is 4.79 Å². The Balaban J connectivity index is 1.63. The summed E-state index contributed by atoms with van der Waals surface area (Å²) in [4.78, 5) is 28.4. The van der Waals surface area contributed by atoms with Crippen molar-refractivity contribution in [2.45, 2.75) is 20.0 Å². The van der Waals surface area contributed by atoms with Crippen molar-refractivity contribution in [1.82, 2.24) is 14.9 Å². The molecule has 0 bridgehead atoms. The molecular weight excluding hydrogens is 412 g/mol. The fraction of sp³-hybridized carbons (Fsp3) is 0.409. The Morgan fingerprint density at radius 2 is 1.97 bits per heavy atom. The first-order chi connectivity index (χ1) is 14.8. The molecule has 2 aromatic heterocycles. The number of nitrogen functional groups attached to an aromatic ring is 1. The van der Waals surface area contributed by atoms with E-state index in [0.29, 0.717) is 16.1 Å².